The van der Waals surface area contributed by atoms with Crippen molar-refractivity contribution in [2.75, 3.05) is 0 Å². The molecule has 138 valence electrons. The van der Waals surface area contributed by atoms with Crippen LogP contribution < -0.4 is 22.5 Å². The molecule has 0 atom stereocenters. The van der Waals surface area contributed by atoms with Crippen molar-refractivity contribution in [3.63, 3.8) is 0 Å². The predicted octanol–water partition coefficient (Wildman–Crippen LogP) is 1.60. The van der Waals surface area contributed by atoms with Gasteiger partial charge in [-0.1, -0.05) is 0 Å². The van der Waals surface area contributed by atoms with Crippen molar-refractivity contribution in [1.82, 2.24) is 5.32 Å². The third-order valence-corrected chi connectivity index (χ3v) is 6.03. The summed E-state index contributed by atoms with van der Waals surface area (Å²) < 4.78 is 0. The number of nitrogens with one attached hydrogen (secondary N) is 1. The van der Waals surface area contributed by atoms with Crippen LogP contribution in [0.2, 0.25) is 0 Å². The Morgan fingerprint density at radius 2 is 1.50 bits per heavy atom. The molecule has 7 N–H and O–H groups in total. The molecule has 4 fully saturated rings. The molecule has 0 saturated heterocycles. The maximum atomic E-state index is 12.8. The molecule has 7 heteroatoms. The average Bonchev–Trinajstić information content (AvgIpc) is 2.52. The number of guanidine groups is 2. The van der Waals surface area contributed by atoms with Crippen molar-refractivity contribution >= 4 is 23.5 Å². The van der Waals surface area contributed by atoms with E-state index >= 15 is 0 Å². The number of rotatable bonds is 3. The SMILES string of the molecule is NC(N)=NC(N)=Nc1ccc(C(=O)NC23CC4CC(CC(C4)C2)C3)cc1. The zero-order valence-electron chi connectivity index (χ0n) is 14.8. The number of aliphatic imine (C=N–C) groups is 2. The number of hydrogen-bond acceptors (Lipinski definition) is 2. The van der Waals surface area contributed by atoms with Gasteiger partial charge in [-0.2, -0.15) is 4.99 Å². The minimum atomic E-state index is -0.141. The first-order valence-electron chi connectivity index (χ1n) is 9.27. The number of nitrogens with two attached hydrogens (primary N) is 3. The number of hydrogen-bond donors (Lipinski definition) is 4. The van der Waals surface area contributed by atoms with Crippen molar-refractivity contribution in [1.29, 1.82) is 0 Å². The van der Waals surface area contributed by atoms with Crippen LogP contribution in [-0.2, 0) is 0 Å². The summed E-state index contributed by atoms with van der Waals surface area (Å²) in [5.41, 5.74) is 17.4. The second-order valence-electron chi connectivity index (χ2n) is 8.21. The molecule has 4 bridgehead atoms. The predicted molar refractivity (Wildman–Crippen MR) is 102 cm³/mol. The molecule has 7 nitrogen and oxygen atoms in total. The highest BCUT2D eigenvalue weighted by Gasteiger charge is 2.51. The standard InChI is InChI=1S/C19H26N6O/c20-17(21)24-18(22)23-15-3-1-14(2-4-15)16(26)25-19-8-11-5-12(9-19)7-13(6-11)10-19/h1-4,11-13H,5-10H2,(H,25,26)(H6,20,21,22,23,24). The molecule has 0 spiro atoms. The molecule has 0 aliphatic heterocycles. The molecule has 1 aromatic carbocycles. The average molecular weight is 354 g/mol. The number of carbonyl (C=O) groups is 1. The van der Waals surface area contributed by atoms with Crippen LogP contribution in [0.3, 0.4) is 0 Å². The molecule has 0 radical (unpaired) electrons. The lowest BCUT2D eigenvalue weighted by molar-refractivity contribution is -0.0167. The van der Waals surface area contributed by atoms with Gasteiger partial charge in [0.05, 0.1) is 5.69 Å². The van der Waals surface area contributed by atoms with Gasteiger partial charge >= 0.3 is 0 Å². The van der Waals surface area contributed by atoms with E-state index in [1.807, 2.05) is 0 Å². The van der Waals surface area contributed by atoms with Gasteiger partial charge in [0.15, 0.2) is 5.96 Å². The molecule has 5 rings (SSSR count). The first kappa shape index (κ1) is 16.9. The van der Waals surface area contributed by atoms with E-state index in [2.05, 4.69) is 15.3 Å². The lowest BCUT2D eigenvalue weighted by atomic mass is 9.53. The van der Waals surface area contributed by atoms with Crippen LogP contribution in [0.25, 0.3) is 0 Å². The minimum Gasteiger partial charge on any atom is -0.370 e. The Morgan fingerprint density at radius 3 is 2.00 bits per heavy atom. The van der Waals surface area contributed by atoms with Crippen LogP contribution in [-0.4, -0.2) is 23.4 Å². The van der Waals surface area contributed by atoms with E-state index in [0.717, 1.165) is 37.0 Å². The number of nitrogens with zero attached hydrogens (tertiary/aromatic N) is 2. The Labute approximate surface area is 153 Å². The van der Waals surface area contributed by atoms with Crippen molar-refractivity contribution in [3.8, 4) is 0 Å². The van der Waals surface area contributed by atoms with Gasteiger partial charge in [0.25, 0.3) is 5.91 Å². The smallest absolute Gasteiger partial charge is 0.251 e. The van der Waals surface area contributed by atoms with E-state index in [1.165, 1.54) is 19.3 Å². The Kier molecular flexibility index (Phi) is 4.09. The van der Waals surface area contributed by atoms with Crippen LogP contribution >= 0.6 is 0 Å². The zero-order valence-corrected chi connectivity index (χ0v) is 14.8. The fraction of sp³-hybridized carbons (Fsp3) is 0.526. The highest BCUT2D eigenvalue weighted by Crippen LogP contribution is 2.55. The maximum absolute atomic E-state index is 12.8. The summed E-state index contributed by atoms with van der Waals surface area (Å²) in [6, 6.07) is 7.00. The first-order valence-corrected chi connectivity index (χ1v) is 9.27. The Morgan fingerprint density at radius 1 is 0.962 bits per heavy atom. The van der Waals surface area contributed by atoms with E-state index in [9.17, 15) is 4.79 Å². The van der Waals surface area contributed by atoms with Gasteiger partial charge in [0.1, 0.15) is 0 Å². The van der Waals surface area contributed by atoms with Gasteiger partial charge in [0.2, 0.25) is 5.96 Å². The maximum Gasteiger partial charge on any atom is 0.251 e. The molecule has 0 aromatic heterocycles. The fourth-order valence-electron chi connectivity index (χ4n) is 5.55. The quantitative estimate of drug-likeness (QED) is 0.485. The molecule has 1 aromatic rings. The summed E-state index contributed by atoms with van der Waals surface area (Å²) in [4.78, 5) is 20.5. The van der Waals surface area contributed by atoms with E-state index < -0.39 is 0 Å². The van der Waals surface area contributed by atoms with Gasteiger partial charge in [-0.15, -0.1) is 0 Å². The number of benzene rings is 1. The third kappa shape index (κ3) is 3.38. The molecular formula is C19H26N6O. The molecule has 1 amide bonds. The van der Waals surface area contributed by atoms with Crippen molar-refractivity contribution in [2.24, 2.45) is 44.9 Å². The molecule has 4 aliphatic carbocycles. The fourth-order valence-corrected chi connectivity index (χ4v) is 5.55. The van der Waals surface area contributed by atoms with Crippen molar-refractivity contribution in [3.05, 3.63) is 29.8 Å². The second kappa shape index (κ2) is 6.30. The van der Waals surface area contributed by atoms with Gasteiger partial charge in [-0.3, -0.25) is 4.79 Å². The van der Waals surface area contributed by atoms with Crippen LogP contribution in [0.5, 0.6) is 0 Å². The molecular weight excluding hydrogens is 328 g/mol. The lowest BCUT2D eigenvalue weighted by Crippen LogP contribution is -2.59. The van der Waals surface area contributed by atoms with Crippen LogP contribution in [0.4, 0.5) is 5.69 Å². The molecule has 0 unspecified atom stereocenters. The highest BCUT2D eigenvalue weighted by molar-refractivity contribution is 5.96. The summed E-state index contributed by atoms with van der Waals surface area (Å²) in [5.74, 6) is 2.25. The number of carbonyl (C=O) groups excluding carboxylic acids is 1. The summed E-state index contributed by atoms with van der Waals surface area (Å²) in [7, 11) is 0. The minimum absolute atomic E-state index is 0.000301. The highest BCUT2D eigenvalue weighted by atomic mass is 16.1. The summed E-state index contributed by atoms with van der Waals surface area (Å²) in [6.45, 7) is 0. The second-order valence-corrected chi connectivity index (χ2v) is 8.21. The molecule has 4 aliphatic rings. The zero-order chi connectivity index (χ0) is 18.3. The largest absolute Gasteiger partial charge is 0.370 e. The Bertz CT molecular complexity index is 727. The van der Waals surface area contributed by atoms with E-state index in [-0.39, 0.29) is 23.4 Å². The van der Waals surface area contributed by atoms with Gasteiger partial charge < -0.3 is 22.5 Å². The third-order valence-electron chi connectivity index (χ3n) is 6.03. The summed E-state index contributed by atoms with van der Waals surface area (Å²) in [5, 5.41) is 3.37. The van der Waals surface area contributed by atoms with Crippen molar-refractivity contribution < 1.29 is 4.79 Å². The van der Waals surface area contributed by atoms with Gasteiger partial charge in [-0.25, -0.2) is 4.99 Å². The topological polar surface area (TPSA) is 132 Å². The Balaban J connectivity index is 1.45. The normalized spacial score (nSPS) is 32.3. The molecule has 0 heterocycles. The van der Waals surface area contributed by atoms with Crippen molar-refractivity contribution in [2.45, 2.75) is 44.1 Å². The lowest BCUT2D eigenvalue weighted by Gasteiger charge is -2.56. The van der Waals surface area contributed by atoms with Crippen LogP contribution in [0.1, 0.15) is 48.9 Å². The van der Waals surface area contributed by atoms with E-state index in [1.54, 1.807) is 24.3 Å². The summed E-state index contributed by atoms with van der Waals surface area (Å²) in [6.07, 6.45) is 7.50. The van der Waals surface area contributed by atoms with Crippen LogP contribution in [0, 0.1) is 17.8 Å². The number of amides is 1. The summed E-state index contributed by atoms with van der Waals surface area (Å²) >= 11 is 0. The van der Waals surface area contributed by atoms with E-state index in [0.29, 0.717) is 11.3 Å². The van der Waals surface area contributed by atoms with Crippen LogP contribution in [0.15, 0.2) is 34.3 Å². The monoisotopic (exact) mass is 354 g/mol. The Hall–Kier alpha value is -2.57. The van der Waals surface area contributed by atoms with Gasteiger partial charge in [0, 0.05) is 11.1 Å². The van der Waals surface area contributed by atoms with E-state index in [4.69, 9.17) is 17.2 Å². The molecule has 4 saturated carbocycles. The first-order chi connectivity index (χ1) is 12.4. The molecule has 26 heavy (non-hydrogen) atoms. The van der Waals surface area contributed by atoms with Gasteiger partial charge in [-0.05, 0) is 80.5 Å².